The van der Waals surface area contributed by atoms with Gasteiger partial charge < -0.3 is 5.32 Å². The van der Waals surface area contributed by atoms with E-state index in [4.69, 9.17) is 23.2 Å². The molecule has 1 heterocycles. The van der Waals surface area contributed by atoms with Crippen LogP contribution in [0.25, 0.3) is 0 Å². The number of halogens is 3. The van der Waals surface area contributed by atoms with Crippen LogP contribution in [-0.2, 0) is 0 Å². The predicted molar refractivity (Wildman–Crippen MR) is 93.4 cm³/mol. The summed E-state index contributed by atoms with van der Waals surface area (Å²) in [4.78, 5) is 1.28. The Morgan fingerprint density at radius 1 is 1.25 bits per heavy atom. The van der Waals surface area contributed by atoms with Crippen molar-refractivity contribution in [1.29, 1.82) is 0 Å². The molecule has 1 N–H and O–H groups in total. The first-order valence-corrected chi connectivity index (χ1v) is 8.83. The summed E-state index contributed by atoms with van der Waals surface area (Å²) in [5.74, 6) is 0. The Morgan fingerprint density at radius 2 is 2.00 bits per heavy atom. The highest BCUT2D eigenvalue weighted by Crippen LogP contribution is 2.36. The minimum atomic E-state index is 0.153. The van der Waals surface area contributed by atoms with Gasteiger partial charge in [0, 0.05) is 4.88 Å². The normalized spacial score (nSPS) is 12.7. The topological polar surface area (TPSA) is 12.0 Å². The quantitative estimate of drug-likeness (QED) is 0.637. The standard InChI is InChI=1S/C15H16BrCl2NS/c1-3-6-19-14(13-7-9(2)15(16)20-13)10-4-5-11(17)12(18)8-10/h4-5,7-8,14,19H,3,6H2,1-2H3. The predicted octanol–water partition coefficient (Wildman–Crippen LogP) is 6.21. The van der Waals surface area contributed by atoms with E-state index in [0.29, 0.717) is 10.0 Å². The van der Waals surface area contributed by atoms with E-state index in [1.165, 1.54) is 14.2 Å². The Bertz CT molecular complexity index is 578. The van der Waals surface area contributed by atoms with Crippen LogP contribution in [0.15, 0.2) is 28.1 Å². The van der Waals surface area contributed by atoms with Crippen LogP contribution in [-0.4, -0.2) is 6.54 Å². The van der Waals surface area contributed by atoms with Gasteiger partial charge in [-0.15, -0.1) is 11.3 Å². The van der Waals surface area contributed by atoms with Gasteiger partial charge in [0.1, 0.15) is 0 Å². The van der Waals surface area contributed by atoms with Crippen molar-refractivity contribution in [3.8, 4) is 0 Å². The van der Waals surface area contributed by atoms with E-state index < -0.39 is 0 Å². The summed E-state index contributed by atoms with van der Waals surface area (Å²) < 4.78 is 1.18. The van der Waals surface area contributed by atoms with Crippen molar-refractivity contribution in [2.24, 2.45) is 0 Å². The molecule has 1 nitrogen and oxygen atoms in total. The number of hydrogen-bond donors (Lipinski definition) is 1. The summed E-state index contributed by atoms with van der Waals surface area (Å²) in [5.41, 5.74) is 2.40. The van der Waals surface area contributed by atoms with Crippen molar-refractivity contribution in [1.82, 2.24) is 5.32 Å². The maximum Gasteiger partial charge on any atom is 0.0731 e. The number of nitrogens with one attached hydrogen (secondary N) is 1. The molecule has 108 valence electrons. The first kappa shape index (κ1) is 16.3. The monoisotopic (exact) mass is 391 g/mol. The molecule has 1 aromatic carbocycles. The zero-order chi connectivity index (χ0) is 14.7. The summed E-state index contributed by atoms with van der Waals surface area (Å²) in [6, 6.07) is 8.20. The van der Waals surface area contributed by atoms with Crippen LogP contribution in [0.2, 0.25) is 10.0 Å². The smallest absolute Gasteiger partial charge is 0.0731 e. The molecule has 1 unspecified atom stereocenters. The molecule has 0 saturated heterocycles. The van der Waals surface area contributed by atoms with E-state index >= 15 is 0 Å². The molecule has 0 bridgehead atoms. The minimum absolute atomic E-state index is 0.153. The Morgan fingerprint density at radius 3 is 2.55 bits per heavy atom. The van der Waals surface area contributed by atoms with E-state index in [2.05, 4.69) is 41.2 Å². The van der Waals surface area contributed by atoms with Gasteiger partial charge in [-0.25, -0.2) is 0 Å². The van der Waals surface area contributed by atoms with Crippen molar-refractivity contribution >= 4 is 50.5 Å². The van der Waals surface area contributed by atoms with Crippen LogP contribution in [0.4, 0.5) is 0 Å². The number of benzene rings is 1. The lowest BCUT2D eigenvalue weighted by Crippen LogP contribution is -2.22. The zero-order valence-electron chi connectivity index (χ0n) is 11.3. The molecule has 0 fully saturated rings. The van der Waals surface area contributed by atoms with E-state index in [1.54, 1.807) is 11.3 Å². The third kappa shape index (κ3) is 3.77. The molecule has 5 heteroatoms. The Hall–Kier alpha value is -0.0600. The molecule has 0 aliphatic rings. The van der Waals surface area contributed by atoms with E-state index in [0.717, 1.165) is 18.5 Å². The van der Waals surface area contributed by atoms with Crippen molar-refractivity contribution in [3.63, 3.8) is 0 Å². The zero-order valence-corrected chi connectivity index (χ0v) is 15.3. The Kier molecular flexibility index (Phi) is 5.94. The molecule has 1 aromatic heterocycles. The highest BCUT2D eigenvalue weighted by atomic mass is 79.9. The first-order chi connectivity index (χ1) is 9.52. The van der Waals surface area contributed by atoms with Crippen molar-refractivity contribution in [3.05, 3.63) is 54.1 Å². The fourth-order valence-corrected chi connectivity index (χ4v) is 3.97. The number of hydrogen-bond acceptors (Lipinski definition) is 2. The van der Waals surface area contributed by atoms with Gasteiger partial charge in [-0.05, 0) is 65.1 Å². The lowest BCUT2D eigenvalue weighted by molar-refractivity contribution is 0.606. The van der Waals surface area contributed by atoms with Crippen LogP contribution in [0, 0.1) is 6.92 Å². The molecule has 20 heavy (non-hydrogen) atoms. The first-order valence-electron chi connectivity index (χ1n) is 6.47. The van der Waals surface area contributed by atoms with Crippen LogP contribution < -0.4 is 5.32 Å². The number of rotatable bonds is 5. The second kappa shape index (κ2) is 7.28. The molecule has 2 aromatic rings. The van der Waals surface area contributed by atoms with Gasteiger partial charge in [0.05, 0.1) is 19.9 Å². The van der Waals surface area contributed by atoms with Gasteiger partial charge in [-0.2, -0.15) is 0 Å². The molecule has 0 aliphatic heterocycles. The third-order valence-electron chi connectivity index (χ3n) is 3.04. The lowest BCUT2D eigenvalue weighted by atomic mass is 10.0. The molecule has 0 aliphatic carbocycles. The van der Waals surface area contributed by atoms with Crippen LogP contribution >= 0.6 is 50.5 Å². The van der Waals surface area contributed by atoms with E-state index in [1.807, 2.05) is 18.2 Å². The van der Waals surface area contributed by atoms with Crippen LogP contribution in [0.5, 0.6) is 0 Å². The average molecular weight is 393 g/mol. The average Bonchev–Trinajstić information content (AvgIpc) is 2.74. The van der Waals surface area contributed by atoms with Gasteiger partial charge in [-0.1, -0.05) is 36.2 Å². The van der Waals surface area contributed by atoms with Crippen molar-refractivity contribution in [2.75, 3.05) is 6.54 Å². The van der Waals surface area contributed by atoms with Gasteiger partial charge in [-0.3, -0.25) is 0 Å². The van der Waals surface area contributed by atoms with Gasteiger partial charge in [0.25, 0.3) is 0 Å². The molecule has 0 amide bonds. The maximum absolute atomic E-state index is 6.15. The summed E-state index contributed by atoms with van der Waals surface area (Å²) in [7, 11) is 0. The molecule has 1 atom stereocenters. The SMILES string of the molecule is CCCNC(c1ccc(Cl)c(Cl)c1)c1cc(C)c(Br)s1. The van der Waals surface area contributed by atoms with E-state index in [9.17, 15) is 0 Å². The van der Waals surface area contributed by atoms with E-state index in [-0.39, 0.29) is 6.04 Å². The van der Waals surface area contributed by atoms with Gasteiger partial charge in [0.15, 0.2) is 0 Å². The summed E-state index contributed by atoms with van der Waals surface area (Å²) in [6.07, 6.45) is 1.09. The fraction of sp³-hybridized carbons (Fsp3) is 0.333. The van der Waals surface area contributed by atoms with Gasteiger partial charge >= 0.3 is 0 Å². The summed E-state index contributed by atoms with van der Waals surface area (Å²) in [5, 5.41) is 4.77. The Balaban J connectivity index is 2.38. The third-order valence-corrected chi connectivity index (χ3v) is 5.98. The number of aryl methyl sites for hydroxylation is 1. The molecule has 0 saturated carbocycles. The summed E-state index contributed by atoms with van der Waals surface area (Å²) >= 11 is 17.5. The van der Waals surface area contributed by atoms with Crippen molar-refractivity contribution < 1.29 is 0 Å². The molecule has 0 spiro atoms. The molecule has 2 rings (SSSR count). The highest BCUT2D eigenvalue weighted by Gasteiger charge is 2.17. The lowest BCUT2D eigenvalue weighted by Gasteiger charge is -2.18. The second-order valence-electron chi connectivity index (χ2n) is 4.67. The highest BCUT2D eigenvalue weighted by molar-refractivity contribution is 9.11. The maximum atomic E-state index is 6.15. The fourth-order valence-electron chi connectivity index (χ4n) is 1.99. The molecular weight excluding hydrogens is 377 g/mol. The van der Waals surface area contributed by atoms with Crippen LogP contribution in [0.3, 0.4) is 0 Å². The van der Waals surface area contributed by atoms with Gasteiger partial charge in [0.2, 0.25) is 0 Å². The number of thiophene rings is 1. The summed E-state index contributed by atoms with van der Waals surface area (Å²) in [6.45, 7) is 5.23. The molecule has 0 radical (unpaired) electrons. The second-order valence-corrected chi connectivity index (χ2v) is 7.88. The minimum Gasteiger partial charge on any atom is -0.306 e. The largest absolute Gasteiger partial charge is 0.306 e. The van der Waals surface area contributed by atoms with Crippen LogP contribution in [0.1, 0.15) is 35.4 Å². The van der Waals surface area contributed by atoms with Crippen molar-refractivity contribution in [2.45, 2.75) is 26.3 Å². The molecular formula is C15H16BrCl2NS. The Labute approximate surface area is 142 Å².